The summed E-state index contributed by atoms with van der Waals surface area (Å²) < 4.78 is 31.7. The first-order valence-electron chi connectivity index (χ1n) is 11.8. The summed E-state index contributed by atoms with van der Waals surface area (Å²) >= 11 is 1.51. The Bertz CT molecular complexity index is 894. The van der Waals surface area contributed by atoms with Crippen LogP contribution in [0, 0.1) is 17.8 Å². The van der Waals surface area contributed by atoms with Gasteiger partial charge in [-0.2, -0.15) is 13.2 Å². The zero-order chi connectivity index (χ0) is 24.5. The van der Waals surface area contributed by atoms with E-state index in [9.17, 15) is 22.8 Å². The molecule has 7 nitrogen and oxygen atoms in total. The fourth-order valence-electron chi connectivity index (χ4n) is 6.01. The Morgan fingerprint density at radius 1 is 1.18 bits per heavy atom. The molecule has 4 heterocycles. The number of thiophene rings is 1. The molecular weight excluding hydrogens is 471 g/mol. The molecule has 0 unspecified atom stereocenters. The molecule has 2 amide bonds. The number of alkyl halides is 3. The Hall–Kier alpha value is -2.14. The predicted molar refractivity (Wildman–Crippen MR) is 119 cm³/mol. The lowest BCUT2D eigenvalue weighted by atomic mass is 9.75. The highest BCUT2D eigenvalue weighted by Crippen LogP contribution is 2.44. The van der Waals surface area contributed by atoms with E-state index in [0.29, 0.717) is 5.92 Å². The second-order valence-corrected chi connectivity index (χ2v) is 10.7. The third-order valence-electron chi connectivity index (χ3n) is 7.72. The number of aliphatic carboxylic acids is 1. The summed E-state index contributed by atoms with van der Waals surface area (Å²) in [4.78, 5) is 39.6. The number of rotatable bonds is 3. The standard InChI is InChI=1S/C21H29N3O2S.C2HF3O2/c25-19-16-13-23(12-15-4-1-2-5-15)14-17(16)21(22-19)7-9-24(10-8-21)20(26)18-6-3-11-27-18;3-2(4,5)1(6)7/h3,6,11,15-17H,1-2,4-5,7-10,12-14H2,(H,22,25);(H,6,7)/t16-,17+;/m1./s1. The number of halogens is 3. The van der Waals surface area contributed by atoms with Crippen LogP contribution in [0.1, 0.15) is 48.2 Å². The maximum Gasteiger partial charge on any atom is 0.490 e. The van der Waals surface area contributed by atoms with Crippen LogP contribution in [0.2, 0.25) is 0 Å². The van der Waals surface area contributed by atoms with Gasteiger partial charge in [0.15, 0.2) is 0 Å². The Balaban J connectivity index is 0.000000344. The first kappa shape index (κ1) is 25.0. The number of carboxylic acid groups (broad SMARTS) is 1. The monoisotopic (exact) mass is 501 g/mol. The molecule has 1 aromatic heterocycles. The van der Waals surface area contributed by atoms with Crippen molar-refractivity contribution in [2.24, 2.45) is 17.8 Å². The van der Waals surface area contributed by atoms with E-state index in [1.54, 1.807) is 0 Å². The summed E-state index contributed by atoms with van der Waals surface area (Å²) in [5.41, 5.74) is -0.0849. The number of likely N-dealkylation sites (tertiary alicyclic amines) is 2. The second kappa shape index (κ2) is 9.85. The molecule has 3 aliphatic heterocycles. The van der Waals surface area contributed by atoms with Gasteiger partial charge in [0.05, 0.1) is 10.8 Å². The average Bonchev–Trinajstić information content (AvgIpc) is 3.57. The van der Waals surface area contributed by atoms with E-state index in [1.165, 1.54) is 43.6 Å². The minimum absolute atomic E-state index is 0.0849. The number of hydrogen-bond acceptors (Lipinski definition) is 5. The minimum Gasteiger partial charge on any atom is -0.475 e. The summed E-state index contributed by atoms with van der Waals surface area (Å²) in [5, 5.41) is 12.5. The molecule has 1 aliphatic carbocycles. The van der Waals surface area contributed by atoms with Crippen LogP contribution in [0.25, 0.3) is 0 Å². The number of piperidine rings is 1. The van der Waals surface area contributed by atoms with E-state index in [-0.39, 0.29) is 23.3 Å². The van der Waals surface area contributed by atoms with E-state index in [2.05, 4.69) is 10.2 Å². The lowest BCUT2D eigenvalue weighted by Crippen LogP contribution is -2.56. The minimum atomic E-state index is -5.08. The fraction of sp³-hybridized carbons (Fsp3) is 0.696. The lowest BCUT2D eigenvalue weighted by molar-refractivity contribution is -0.192. The summed E-state index contributed by atoms with van der Waals surface area (Å²) in [7, 11) is 0. The molecule has 4 aliphatic rings. The molecule has 0 radical (unpaired) electrons. The SMILES string of the molecule is O=C(O)C(F)(F)F.O=C1NC2(CCN(C(=O)c3cccs3)CC2)[C@H]2CN(CC3CCCC3)C[C@@H]12. The van der Waals surface area contributed by atoms with Crippen LogP contribution in [0.4, 0.5) is 13.2 Å². The van der Waals surface area contributed by atoms with Crippen LogP contribution < -0.4 is 5.32 Å². The molecule has 11 heteroatoms. The summed E-state index contributed by atoms with van der Waals surface area (Å²) in [6.07, 6.45) is 2.20. The van der Waals surface area contributed by atoms with Gasteiger partial charge in [-0.3, -0.25) is 9.59 Å². The van der Waals surface area contributed by atoms with Gasteiger partial charge in [0.25, 0.3) is 5.91 Å². The molecule has 5 rings (SSSR count). The van der Waals surface area contributed by atoms with E-state index >= 15 is 0 Å². The molecule has 1 saturated carbocycles. The van der Waals surface area contributed by atoms with Gasteiger partial charge in [-0.1, -0.05) is 18.9 Å². The van der Waals surface area contributed by atoms with Crippen LogP contribution in [0.3, 0.4) is 0 Å². The van der Waals surface area contributed by atoms with Crippen molar-refractivity contribution in [2.75, 3.05) is 32.7 Å². The van der Waals surface area contributed by atoms with Gasteiger partial charge in [-0.25, -0.2) is 4.79 Å². The first-order chi connectivity index (χ1) is 16.1. The van der Waals surface area contributed by atoms with Crippen molar-refractivity contribution in [1.82, 2.24) is 15.1 Å². The number of amides is 2. The van der Waals surface area contributed by atoms with Gasteiger partial charge >= 0.3 is 12.1 Å². The summed E-state index contributed by atoms with van der Waals surface area (Å²) in [6.45, 7) is 4.68. The van der Waals surface area contributed by atoms with Gasteiger partial charge in [0.1, 0.15) is 0 Å². The van der Waals surface area contributed by atoms with E-state index < -0.39 is 12.1 Å². The molecule has 4 fully saturated rings. The first-order valence-corrected chi connectivity index (χ1v) is 12.6. The maximum atomic E-state index is 12.7. The topological polar surface area (TPSA) is 89.9 Å². The van der Waals surface area contributed by atoms with Crippen molar-refractivity contribution in [3.63, 3.8) is 0 Å². The highest BCUT2D eigenvalue weighted by Gasteiger charge is 2.57. The molecule has 0 aromatic carbocycles. The van der Waals surface area contributed by atoms with Gasteiger partial charge in [-0.05, 0) is 43.0 Å². The van der Waals surface area contributed by atoms with Crippen LogP contribution in [0.15, 0.2) is 17.5 Å². The van der Waals surface area contributed by atoms with E-state index in [1.807, 2.05) is 22.4 Å². The number of carbonyl (C=O) groups excluding carboxylic acids is 2. The average molecular weight is 502 g/mol. The predicted octanol–water partition coefficient (Wildman–Crippen LogP) is 3.22. The van der Waals surface area contributed by atoms with Crippen molar-refractivity contribution >= 4 is 29.1 Å². The third kappa shape index (κ3) is 5.25. The lowest BCUT2D eigenvalue weighted by Gasteiger charge is -2.42. The molecule has 0 bridgehead atoms. The zero-order valence-corrected chi connectivity index (χ0v) is 19.7. The van der Waals surface area contributed by atoms with Gasteiger partial charge in [-0.15, -0.1) is 11.3 Å². The summed E-state index contributed by atoms with van der Waals surface area (Å²) in [6, 6.07) is 3.84. The van der Waals surface area contributed by atoms with Crippen LogP contribution >= 0.6 is 11.3 Å². The highest BCUT2D eigenvalue weighted by molar-refractivity contribution is 7.12. The molecular formula is C23H30F3N3O4S. The Morgan fingerprint density at radius 3 is 2.38 bits per heavy atom. The van der Waals surface area contributed by atoms with Crippen LogP contribution in [-0.4, -0.2) is 77.1 Å². The van der Waals surface area contributed by atoms with Crippen molar-refractivity contribution in [3.8, 4) is 0 Å². The number of nitrogens with one attached hydrogen (secondary N) is 1. The number of hydrogen-bond donors (Lipinski definition) is 2. The number of carboxylic acids is 1. The Labute approximate surface area is 200 Å². The quantitative estimate of drug-likeness (QED) is 0.664. The number of nitrogens with zero attached hydrogens (tertiary/aromatic N) is 2. The normalized spacial score (nSPS) is 26.8. The molecule has 34 heavy (non-hydrogen) atoms. The second-order valence-electron chi connectivity index (χ2n) is 9.80. The molecule has 2 atom stereocenters. The zero-order valence-electron chi connectivity index (χ0n) is 18.9. The third-order valence-corrected chi connectivity index (χ3v) is 8.58. The Morgan fingerprint density at radius 2 is 1.82 bits per heavy atom. The van der Waals surface area contributed by atoms with Crippen molar-refractivity contribution in [1.29, 1.82) is 0 Å². The Kier molecular flexibility index (Phi) is 7.23. The van der Waals surface area contributed by atoms with E-state index in [4.69, 9.17) is 9.90 Å². The van der Waals surface area contributed by atoms with Crippen molar-refractivity contribution in [2.45, 2.75) is 50.2 Å². The van der Waals surface area contributed by atoms with Gasteiger partial charge < -0.3 is 20.2 Å². The molecule has 188 valence electrons. The molecule has 3 saturated heterocycles. The highest BCUT2D eigenvalue weighted by atomic mass is 32.1. The smallest absolute Gasteiger partial charge is 0.475 e. The van der Waals surface area contributed by atoms with Gasteiger partial charge in [0, 0.05) is 44.2 Å². The van der Waals surface area contributed by atoms with Crippen LogP contribution in [-0.2, 0) is 9.59 Å². The van der Waals surface area contributed by atoms with Crippen molar-refractivity contribution in [3.05, 3.63) is 22.4 Å². The maximum absolute atomic E-state index is 12.7. The fourth-order valence-corrected chi connectivity index (χ4v) is 6.70. The molecule has 2 N–H and O–H groups in total. The number of carbonyl (C=O) groups is 3. The van der Waals surface area contributed by atoms with E-state index in [0.717, 1.165) is 49.8 Å². The van der Waals surface area contributed by atoms with Crippen LogP contribution in [0.5, 0.6) is 0 Å². The number of fused-ring (bicyclic) bond motifs is 2. The largest absolute Gasteiger partial charge is 0.490 e. The van der Waals surface area contributed by atoms with Gasteiger partial charge in [0.2, 0.25) is 5.91 Å². The molecule has 1 aromatic rings. The summed E-state index contributed by atoms with van der Waals surface area (Å²) in [5.74, 6) is -0.932. The molecule has 1 spiro atoms. The van der Waals surface area contributed by atoms with Crippen molar-refractivity contribution < 1.29 is 32.7 Å².